The molecule has 1 amide bonds. The molecule has 0 radical (unpaired) electrons. The van der Waals surface area contributed by atoms with E-state index in [1.807, 2.05) is 19.9 Å². The van der Waals surface area contributed by atoms with Crippen LogP contribution >= 0.6 is 23.1 Å². The normalized spacial score (nSPS) is 13.7. The molecule has 1 fully saturated rings. The van der Waals surface area contributed by atoms with Crippen molar-refractivity contribution in [2.45, 2.75) is 64.6 Å². The minimum Gasteiger partial charge on any atom is -0.462 e. The zero-order chi connectivity index (χ0) is 23.0. The van der Waals surface area contributed by atoms with Crippen molar-refractivity contribution in [3.63, 3.8) is 0 Å². The average Bonchev–Trinajstić information content (AvgIpc) is 3.36. The number of nitrogens with zero attached hydrogens (tertiary/aromatic N) is 4. The van der Waals surface area contributed by atoms with Crippen LogP contribution in [0.25, 0.3) is 10.2 Å². The Bertz CT molecular complexity index is 1180. The number of amides is 1. The van der Waals surface area contributed by atoms with Crippen molar-refractivity contribution in [2.75, 3.05) is 17.7 Å². The van der Waals surface area contributed by atoms with Gasteiger partial charge in [0.1, 0.15) is 15.5 Å². The van der Waals surface area contributed by atoms with E-state index in [9.17, 15) is 9.59 Å². The molecule has 32 heavy (non-hydrogen) atoms. The largest absolute Gasteiger partial charge is 0.462 e. The van der Waals surface area contributed by atoms with Crippen molar-refractivity contribution < 1.29 is 14.3 Å². The van der Waals surface area contributed by atoms with Crippen LogP contribution in [0.3, 0.4) is 0 Å². The number of aromatic nitrogens is 4. The quantitative estimate of drug-likeness (QED) is 0.368. The highest BCUT2D eigenvalue weighted by Crippen LogP contribution is 2.40. The maximum atomic E-state index is 12.9. The first-order valence-corrected chi connectivity index (χ1v) is 12.6. The maximum Gasteiger partial charge on any atom is 0.350 e. The number of thiophene rings is 1. The van der Waals surface area contributed by atoms with Crippen LogP contribution in [0, 0.1) is 13.8 Å². The van der Waals surface area contributed by atoms with Crippen LogP contribution in [0.15, 0.2) is 11.2 Å². The summed E-state index contributed by atoms with van der Waals surface area (Å²) in [5.74, 6) is 0.735. The van der Waals surface area contributed by atoms with Crippen molar-refractivity contribution in [3.05, 3.63) is 28.0 Å². The molecule has 3 heterocycles. The Balaban J connectivity index is 1.58. The van der Waals surface area contributed by atoms with E-state index in [4.69, 9.17) is 4.74 Å². The minimum absolute atomic E-state index is 0.168. The van der Waals surface area contributed by atoms with Gasteiger partial charge in [-0.25, -0.2) is 9.78 Å². The van der Waals surface area contributed by atoms with Gasteiger partial charge in [-0.1, -0.05) is 25.6 Å². The van der Waals surface area contributed by atoms with Crippen LogP contribution in [-0.2, 0) is 9.53 Å². The van der Waals surface area contributed by atoms with Crippen LogP contribution in [0.2, 0.25) is 0 Å². The van der Waals surface area contributed by atoms with Gasteiger partial charge >= 0.3 is 5.97 Å². The number of nitrogens with one attached hydrogen (secondary N) is 1. The number of thioether (sulfide) groups is 1. The molecule has 1 aliphatic rings. The Morgan fingerprint density at radius 2 is 2.06 bits per heavy atom. The topological polar surface area (TPSA) is 99.0 Å². The minimum atomic E-state index is -0.453. The van der Waals surface area contributed by atoms with Crippen molar-refractivity contribution in [2.24, 2.45) is 0 Å². The number of carbonyl (C=O) groups is 2. The number of hydrogen-bond donors (Lipinski definition) is 1. The van der Waals surface area contributed by atoms with Gasteiger partial charge in [0.15, 0.2) is 5.16 Å². The molecule has 0 spiro atoms. The number of esters is 1. The second-order valence-corrected chi connectivity index (χ2v) is 10.2. The van der Waals surface area contributed by atoms with Gasteiger partial charge in [-0.3, -0.25) is 4.79 Å². The van der Waals surface area contributed by atoms with Gasteiger partial charge < -0.3 is 14.6 Å². The summed E-state index contributed by atoms with van der Waals surface area (Å²) in [6.07, 6.45) is 2.24. The van der Waals surface area contributed by atoms with E-state index < -0.39 is 5.97 Å². The first kappa shape index (κ1) is 22.7. The van der Waals surface area contributed by atoms with E-state index in [1.165, 1.54) is 23.1 Å². The highest BCUT2D eigenvalue weighted by molar-refractivity contribution is 7.99. The van der Waals surface area contributed by atoms with E-state index in [2.05, 4.69) is 38.9 Å². The number of pyridine rings is 1. The molecule has 3 aromatic rings. The van der Waals surface area contributed by atoms with Crippen LogP contribution in [0.1, 0.15) is 72.3 Å². The number of anilines is 1. The summed E-state index contributed by atoms with van der Waals surface area (Å²) in [6, 6.07) is 2.38. The van der Waals surface area contributed by atoms with E-state index in [-0.39, 0.29) is 24.2 Å². The van der Waals surface area contributed by atoms with Gasteiger partial charge in [-0.2, -0.15) is 0 Å². The van der Waals surface area contributed by atoms with Crippen molar-refractivity contribution in [3.8, 4) is 0 Å². The molecule has 0 atom stereocenters. The van der Waals surface area contributed by atoms with Crippen LogP contribution in [0.5, 0.6) is 0 Å². The molecule has 1 N–H and O–H groups in total. The number of aryl methyl sites for hydroxylation is 2. The number of rotatable bonds is 8. The summed E-state index contributed by atoms with van der Waals surface area (Å²) < 4.78 is 7.39. The third kappa shape index (κ3) is 4.52. The predicted molar refractivity (Wildman–Crippen MR) is 127 cm³/mol. The summed E-state index contributed by atoms with van der Waals surface area (Å²) in [5.41, 5.74) is 2.29. The zero-order valence-electron chi connectivity index (χ0n) is 18.9. The lowest BCUT2D eigenvalue weighted by Crippen LogP contribution is -2.17. The Kier molecular flexibility index (Phi) is 6.52. The Morgan fingerprint density at radius 3 is 2.72 bits per heavy atom. The van der Waals surface area contributed by atoms with E-state index in [1.54, 1.807) is 6.92 Å². The second-order valence-electron chi connectivity index (χ2n) is 8.22. The predicted octanol–water partition coefficient (Wildman–Crippen LogP) is 4.87. The second kappa shape index (κ2) is 9.19. The summed E-state index contributed by atoms with van der Waals surface area (Å²) in [7, 11) is 0. The Hall–Kier alpha value is -2.46. The van der Waals surface area contributed by atoms with E-state index >= 15 is 0 Å². The molecule has 3 aromatic heterocycles. The van der Waals surface area contributed by atoms with Gasteiger partial charge in [-0.05, 0) is 45.2 Å². The molecule has 170 valence electrons. The average molecular weight is 474 g/mol. The molecular weight excluding hydrogens is 446 g/mol. The lowest BCUT2D eigenvalue weighted by molar-refractivity contribution is -0.113. The molecule has 0 aliphatic heterocycles. The molecular formula is C22H27N5O3S2. The monoisotopic (exact) mass is 473 g/mol. The maximum absolute atomic E-state index is 12.9. The number of ether oxygens (including phenoxy) is 1. The molecule has 0 bridgehead atoms. The highest BCUT2D eigenvalue weighted by atomic mass is 32.2. The number of fused-ring (bicyclic) bond motifs is 1. The van der Waals surface area contributed by atoms with Crippen molar-refractivity contribution in [1.29, 1.82) is 0 Å². The number of hydrogen-bond acceptors (Lipinski definition) is 8. The summed E-state index contributed by atoms with van der Waals surface area (Å²) in [5, 5.41) is 13.2. The van der Waals surface area contributed by atoms with E-state index in [0.717, 1.165) is 40.5 Å². The Labute approximate surface area is 195 Å². The van der Waals surface area contributed by atoms with E-state index in [0.29, 0.717) is 21.4 Å². The highest BCUT2D eigenvalue weighted by Gasteiger charge is 2.31. The van der Waals surface area contributed by atoms with Crippen LogP contribution in [0.4, 0.5) is 5.69 Å². The molecule has 1 aliphatic carbocycles. The lowest BCUT2D eigenvalue weighted by Gasteiger charge is -2.11. The zero-order valence-corrected chi connectivity index (χ0v) is 20.5. The van der Waals surface area contributed by atoms with Gasteiger partial charge in [0.25, 0.3) is 0 Å². The first-order chi connectivity index (χ1) is 15.3. The summed E-state index contributed by atoms with van der Waals surface area (Å²) in [4.78, 5) is 31.1. The third-order valence-electron chi connectivity index (χ3n) is 5.16. The van der Waals surface area contributed by atoms with Crippen LogP contribution < -0.4 is 5.32 Å². The molecule has 10 heteroatoms. The fourth-order valence-corrected chi connectivity index (χ4v) is 5.62. The van der Waals surface area contributed by atoms with Gasteiger partial charge in [0, 0.05) is 23.0 Å². The first-order valence-electron chi connectivity index (χ1n) is 10.7. The van der Waals surface area contributed by atoms with Crippen molar-refractivity contribution in [1.82, 2.24) is 19.7 Å². The van der Waals surface area contributed by atoms with Gasteiger partial charge in [0.05, 0.1) is 18.0 Å². The summed E-state index contributed by atoms with van der Waals surface area (Å²) >= 11 is 2.61. The molecule has 1 saturated carbocycles. The SMILES string of the molecule is CCOC(=O)c1sc2nc(C)cc(C)c2c1NC(=O)CSc1nnc(C(C)C)n1C1CC1. The Morgan fingerprint density at radius 1 is 1.31 bits per heavy atom. The van der Waals surface area contributed by atoms with Crippen LogP contribution in [-0.4, -0.2) is 44.0 Å². The van der Waals surface area contributed by atoms with Gasteiger partial charge in [0.2, 0.25) is 5.91 Å². The fourth-order valence-electron chi connectivity index (χ4n) is 3.66. The smallest absolute Gasteiger partial charge is 0.350 e. The standard InChI is InChI=1S/C22H27N5O3S2/c1-6-30-21(29)18-17(16-12(4)9-13(5)23-20(16)32-18)24-15(28)10-31-22-26-25-19(11(2)3)27(22)14-7-8-14/h9,11,14H,6-8,10H2,1-5H3,(H,24,28). The number of carbonyl (C=O) groups excluding carboxylic acids is 2. The molecule has 0 saturated heterocycles. The van der Waals surface area contributed by atoms with Gasteiger partial charge in [-0.15, -0.1) is 21.5 Å². The molecule has 8 nitrogen and oxygen atoms in total. The molecule has 0 unspecified atom stereocenters. The lowest BCUT2D eigenvalue weighted by atomic mass is 10.1. The van der Waals surface area contributed by atoms with Crippen molar-refractivity contribution >= 4 is 50.9 Å². The molecule has 4 rings (SSSR count). The fraction of sp³-hybridized carbons (Fsp3) is 0.500. The third-order valence-corrected chi connectivity index (χ3v) is 7.17. The summed E-state index contributed by atoms with van der Waals surface area (Å²) in [6.45, 7) is 10.1. The molecule has 0 aromatic carbocycles.